The molecule has 0 fully saturated rings. The third-order valence-corrected chi connectivity index (χ3v) is 3.22. The van der Waals surface area contributed by atoms with E-state index in [9.17, 15) is 4.39 Å². The highest BCUT2D eigenvalue weighted by Gasteiger charge is 2.27. The van der Waals surface area contributed by atoms with Crippen LogP contribution in [0.4, 0.5) is 4.39 Å². The summed E-state index contributed by atoms with van der Waals surface area (Å²) in [7, 11) is 0. The molecule has 19 heavy (non-hydrogen) atoms. The molecule has 2 N–H and O–H groups in total. The summed E-state index contributed by atoms with van der Waals surface area (Å²) in [6, 6.07) is 4.07. The van der Waals surface area contributed by atoms with Gasteiger partial charge in [-0.2, -0.15) is 4.98 Å². The Morgan fingerprint density at radius 2 is 2.00 bits per heavy atom. The van der Waals surface area contributed by atoms with E-state index in [1.54, 1.807) is 6.07 Å². The molecule has 102 valence electrons. The van der Waals surface area contributed by atoms with Crippen LogP contribution < -0.4 is 5.73 Å². The van der Waals surface area contributed by atoms with Gasteiger partial charge in [-0.05, 0) is 23.6 Å². The predicted octanol–water partition coefficient (Wildman–Crippen LogP) is 3.68. The lowest BCUT2D eigenvalue weighted by Crippen LogP contribution is -2.26. The fourth-order valence-electron chi connectivity index (χ4n) is 1.53. The fraction of sp³-hybridized carbons (Fsp3) is 0.385. The summed E-state index contributed by atoms with van der Waals surface area (Å²) in [5.74, 6) is 0.314. The summed E-state index contributed by atoms with van der Waals surface area (Å²) in [6.07, 6.45) is 0. The van der Waals surface area contributed by atoms with Crippen LogP contribution in [-0.2, 0) is 0 Å². The molecule has 1 unspecified atom stereocenters. The van der Waals surface area contributed by atoms with E-state index in [1.807, 2.05) is 20.8 Å². The second kappa shape index (κ2) is 5.02. The molecule has 0 bridgehead atoms. The van der Waals surface area contributed by atoms with Gasteiger partial charge >= 0.3 is 0 Å². The number of aromatic nitrogens is 2. The molecule has 2 aromatic rings. The smallest absolute Gasteiger partial charge is 0.244 e. The summed E-state index contributed by atoms with van der Waals surface area (Å²) >= 11 is 3.23. The molecule has 1 aromatic carbocycles. The van der Waals surface area contributed by atoms with Crippen molar-refractivity contribution in [3.05, 3.63) is 34.4 Å². The van der Waals surface area contributed by atoms with E-state index in [-0.39, 0.29) is 17.3 Å². The zero-order valence-electron chi connectivity index (χ0n) is 10.9. The normalized spacial score (nSPS) is 13.6. The molecular formula is C13H15BrFN3O. The van der Waals surface area contributed by atoms with Crippen LogP contribution in [0.25, 0.3) is 11.4 Å². The third kappa shape index (κ3) is 3.19. The van der Waals surface area contributed by atoms with Gasteiger partial charge in [-0.3, -0.25) is 0 Å². The van der Waals surface area contributed by atoms with Crippen molar-refractivity contribution in [2.75, 3.05) is 0 Å². The molecule has 0 spiro atoms. The van der Waals surface area contributed by atoms with Gasteiger partial charge in [0, 0.05) is 10.0 Å². The standard InChI is InChI=1S/C13H15BrFN3O/c1-13(2,3)10(16)12-17-11(18-19-12)7-4-8(14)6-9(15)5-7/h4-6,10H,16H2,1-3H3. The molecule has 4 nitrogen and oxygen atoms in total. The summed E-state index contributed by atoms with van der Waals surface area (Å²) < 4.78 is 19.1. The lowest BCUT2D eigenvalue weighted by Gasteiger charge is -2.23. The SMILES string of the molecule is CC(C)(C)C(N)c1nc(-c2cc(F)cc(Br)c2)no1. The minimum atomic E-state index is -0.370. The van der Waals surface area contributed by atoms with Gasteiger partial charge in [-0.25, -0.2) is 4.39 Å². The maximum Gasteiger partial charge on any atom is 0.244 e. The van der Waals surface area contributed by atoms with Gasteiger partial charge in [0.15, 0.2) is 0 Å². The molecule has 1 aromatic heterocycles. The lowest BCUT2D eigenvalue weighted by atomic mass is 9.87. The van der Waals surface area contributed by atoms with E-state index in [2.05, 4.69) is 26.1 Å². The predicted molar refractivity (Wildman–Crippen MR) is 73.8 cm³/mol. The highest BCUT2D eigenvalue weighted by molar-refractivity contribution is 9.10. The van der Waals surface area contributed by atoms with Crippen LogP contribution in [0, 0.1) is 11.2 Å². The van der Waals surface area contributed by atoms with Crippen LogP contribution in [-0.4, -0.2) is 10.1 Å². The highest BCUT2D eigenvalue weighted by atomic mass is 79.9. The Morgan fingerprint density at radius 1 is 1.32 bits per heavy atom. The Kier molecular flexibility index (Phi) is 3.73. The first-order valence-corrected chi connectivity index (χ1v) is 6.62. The van der Waals surface area contributed by atoms with E-state index in [4.69, 9.17) is 10.3 Å². The maximum atomic E-state index is 13.3. The Labute approximate surface area is 119 Å². The first kappa shape index (κ1) is 14.1. The van der Waals surface area contributed by atoms with Crippen molar-refractivity contribution in [3.8, 4) is 11.4 Å². The van der Waals surface area contributed by atoms with Crippen LogP contribution in [0.5, 0.6) is 0 Å². The van der Waals surface area contributed by atoms with Crippen molar-refractivity contribution in [1.82, 2.24) is 10.1 Å². The first-order chi connectivity index (χ1) is 8.77. The first-order valence-electron chi connectivity index (χ1n) is 5.83. The number of hydrogen-bond acceptors (Lipinski definition) is 4. The molecule has 1 heterocycles. The van der Waals surface area contributed by atoms with Crippen molar-refractivity contribution in [1.29, 1.82) is 0 Å². The van der Waals surface area contributed by atoms with E-state index in [1.165, 1.54) is 12.1 Å². The molecule has 2 rings (SSSR count). The van der Waals surface area contributed by atoms with Gasteiger partial charge in [0.1, 0.15) is 5.82 Å². The van der Waals surface area contributed by atoms with Gasteiger partial charge < -0.3 is 10.3 Å². The number of benzene rings is 1. The largest absolute Gasteiger partial charge is 0.337 e. The molecule has 0 amide bonds. The minimum Gasteiger partial charge on any atom is -0.337 e. The lowest BCUT2D eigenvalue weighted by molar-refractivity contribution is 0.253. The fourth-order valence-corrected chi connectivity index (χ4v) is 2.00. The monoisotopic (exact) mass is 327 g/mol. The zero-order chi connectivity index (χ0) is 14.2. The summed E-state index contributed by atoms with van der Waals surface area (Å²) in [5, 5.41) is 3.85. The van der Waals surface area contributed by atoms with Crippen molar-refractivity contribution in [2.45, 2.75) is 26.8 Å². The molecular weight excluding hydrogens is 313 g/mol. The van der Waals surface area contributed by atoms with E-state index in [0.717, 1.165) is 0 Å². The summed E-state index contributed by atoms with van der Waals surface area (Å²) in [4.78, 5) is 4.24. The molecule has 6 heteroatoms. The van der Waals surface area contributed by atoms with Crippen LogP contribution in [0.2, 0.25) is 0 Å². The van der Waals surface area contributed by atoms with Gasteiger partial charge in [0.25, 0.3) is 0 Å². The minimum absolute atomic E-state index is 0.188. The summed E-state index contributed by atoms with van der Waals surface area (Å²) in [5.41, 5.74) is 6.40. The molecule has 0 aliphatic rings. The Bertz CT molecular complexity index is 572. The topological polar surface area (TPSA) is 64.9 Å². The average Bonchev–Trinajstić information content (AvgIpc) is 2.74. The number of halogens is 2. The number of nitrogens with two attached hydrogens (primary N) is 1. The van der Waals surface area contributed by atoms with Gasteiger partial charge in [0.2, 0.25) is 11.7 Å². The van der Waals surface area contributed by atoms with E-state index < -0.39 is 0 Å². The van der Waals surface area contributed by atoms with Crippen molar-refractivity contribution < 1.29 is 8.91 Å². The molecule has 0 aliphatic heterocycles. The molecule has 0 saturated carbocycles. The molecule has 1 atom stereocenters. The van der Waals surface area contributed by atoms with E-state index >= 15 is 0 Å². The van der Waals surface area contributed by atoms with Gasteiger partial charge in [-0.1, -0.05) is 41.9 Å². The van der Waals surface area contributed by atoms with Crippen LogP contribution in [0.15, 0.2) is 27.2 Å². The van der Waals surface area contributed by atoms with Gasteiger partial charge in [0.05, 0.1) is 6.04 Å². The second-order valence-corrected chi connectivity index (χ2v) is 6.37. The number of rotatable bonds is 2. The maximum absolute atomic E-state index is 13.3. The third-order valence-electron chi connectivity index (χ3n) is 2.76. The summed E-state index contributed by atoms with van der Waals surface area (Å²) in [6.45, 7) is 5.96. The Morgan fingerprint density at radius 3 is 2.58 bits per heavy atom. The van der Waals surface area contributed by atoms with Crippen molar-refractivity contribution in [3.63, 3.8) is 0 Å². The molecule has 0 radical (unpaired) electrons. The molecule has 0 aliphatic carbocycles. The number of nitrogens with zero attached hydrogens (tertiary/aromatic N) is 2. The Balaban J connectivity index is 2.36. The van der Waals surface area contributed by atoms with Crippen LogP contribution in [0.1, 0.15) is 32.7 Å². The van der Waals surface area contributed by atoms with Crippen LogP contribution in [0.3, 0.4) is 0 Å². The van der Waals surface area contributed by atoms with Crippen molar-refractivity contribution in [2.24, 2.45) is 11.1 Å². The highest BCUT2D eigenvalue weighted by Crippen LogP contribution is 2.31. The van der Waals surface area contributed by atoms with Crippen molar-refractivity contribution >= 4 is 15.9 Å². The van der Waals surface area contributed by atoms with E-state index in [0.29, 0.717) is 21.8 Å². The Hall–Kier alpha value is -1.27. The average molecular weight is 328 g/mol. The quantitative estimate of drug-likeness (QED) is 0.913. The van der Waals surface area contributed by atoms with Gasteiger partial charge in [-0.15, -0.1) is 0 Å². The van der Waals surface area contributed by atoms with Crippen LogP contribution >= 0.6 is 15.9 Å². The number of hydrogen-bond donors (Lipinski definition) is 1. The zero-order valence-corrected chi connectivity index (χ0v) is 12.5. The molecule has 0 saturated heterocycles. The second-order valence-electron chi connectivity index (χ2n) is 5.46.